The van der Waals surface area contributed by atoms with E-state index >= 15 is 0 Å². The van der Waals surface area contributed by atoms with Crippen molar-refractivity contribution < 1.29 is 19.4 Å². The number of carbonyl (C=O) groups is 1. The first kappa shape index (κ1) is 23.7. The number of aryl methyl sites for hydroxylation is 1. The molecule has 0 radical (unpaired) electrons. The number of methoxy groups -OCH3 is 1. The monoisotopic (exact) mass is 475 g/mol. The van der Waals surface area contributed by atoms with E-state index in [-0.39, 0.29) is 12.3 Å². The second-order valence-corrected chi connectivity index (χ2v) is 9.52. The Morgan fingerprint density at radius 2 is 1.94 bits per heavy atom. The molecular weight excluding hydrogens is 446 g/mol. The third-order valence-corrected chi connectivity index (χ3v) is 6.96. The van der Waals surface area contributed by atoms with E-state index in [1.54, 1.807) is 25.4 Å². The summed E-state index contributed by atoms with van der Waals surface area (Å²) >= 11 is 1.76. The number of thiophene rings is 1. The van der Waals surface area contributed by atoms with Gasteiger partial charge in [-0.3, -0.25) is 4.79 Å². The van der Waals surface area contributed by atoms with Crippen LogP contribution in [0.4, 0.5) is 5.69 Å². The van der Waals surface area contributed by atoms with Crippen LogP contribution in [0.1, 0.15) is 46.6 Å². The highest BCUT2D eigenvalue weighted by molar-refractivity contribution is 7.11. The molecule has 0 saturated carbocycles. The number of nitrogens with zero attached hydrogens (tertiary/aromatic N) is 1. The van der Waals surface area contributed by atoms with Crippen molar-refractivity contribution in [3.8, 4) is 23.3 Å². The van der Waals surface area contributed by atoms with Crippen molar-refractivity contribution >= 4 is 23.0 Å². The topological polar surface area (TPSA) is 59.0 Å². The Balaban J connectivity index is 1.37. The molecule has 0 amide bonds. The summed E-state index contributed by atoms with van der Waals surface area (Å²) in [5.74, 6) is 6.33. The van der Waals surface area contributed by atoms with Crippen LogP contribution in [0.25, 0.3) is 0 Å². The maximum atomic E-state index is 11.1. The Bertz CT molecular complexity index is 1170. The molecule has 1 N–H and O–H groups in total. The highest BCUT2D eigenvalue weighted by Crippen LogP contribution is 2.37. The van der Waals surface area contributed by atoms with Crippen LogP contribution >= 0.6 is 11.3 Å². The molecule has 1 aromatic heterocycles. The maximum Gasteiger partial charge on any atom is 0.304 e. The average molecular weight is 476 g/mol. The molecule has 1 aliphatic heterocycles. The van der Waals surface area contributed by atoms with Crippen LogP contribution in [-0.2, 0) is 24.4 Å². The van der Waals surface area contributed by atoms with Gasteiger partial charge in [0.2, 0.25) is 0 Å². The zero-order valence-corrected chi connectivity index (χ0v) is 20.4. The van der Waals surface area contributed by atoms with E-state index < -0.39 is 5.97 Å². The highest BCUT2D eigenvalue weighted by atomic mass is 32.1. The van der Waals surface area contributed by atoms with Crippen LogP contribution in [-0.4, -0.2) is 24.7 Å². The Hall–Kier alpha value is -3.43. The average Bonchev–Trinajstić information content (AvgIpc) is 3.29. The lowest BCUT2D eigenvalue weighted by molar-refractivity contribution is -0.137. The zero-order chi connectivity index (χ0) is 23.9. The standard InChI is InChI=1S/C28H29NO4S/c1-3-6-22(17-27(30)31)20-10-12-23(13-11-20)33-19-25-15-14-24(34-25)18-29-16-5-8-21-7-4-9-26(32-2)28(21)29/h4,7,9-15,22H,5,8,16-19H2,1-2H3,(H,30,31)/t22-/m0/s1. The second kappa shape index (κ2) is 11.1. The molecular formula is C28H29NO4S. The minimum Gasteiger partial charge on any atom is -0.495 e. The first-order chi connectivity index (χ1) is 16.6. The van der Waals surface area contributed by atoms with Gasteiger partial charge < -0.3 is 19.5 Å². The number of carboxylic acids is 1. The molecule has 3 aromatic rings. The number of aliphatic carboxylic acids is 1. The first-order valence-electron chi connectivity index (χ1n) is 11.4. The fourth-order valence-electron chi connectivity index (χ4n) is 4.35. The lowest BCUT2D eigenvalue weighted by atomic mass is 9.96. The molecule has 0 unspecified atom stereocenters. The Morgan fingerprint density at radius 3 is 2.68 bits per heavy atom. The first-order valence-corrected chi connectivity index (χ1v) is 12.2. The number of ether oxygens (including phenoxy) is 2. The molecule has 176 valence electrons. The van der Waals surface area contributed by atoms with Crippen molar-refractivity contribution in [2.24, 2.45) is 0 Å². The Labute approximate surface area is 205 Å². The van der Waals surface area contributed by atoms with Gasteiger partial charge in [-0.15, -0.1) is 17.3 Å². The van der Waals surface area contributed by atoms with E-state index in [2.05, 4.69) is 41.0 Å². The molecule has 0 aliphatic carbocycles. The zero-order valence-electron chi connectivity index (χ0n) is 19.5. The number of carboxylic acid groups (broad SMARTS) is 1. The number of hydrogen-bond donors (Lipinski definition) is 1. The maximum absolute atomic E-state index is 11.1. The summed E-state index contributed by atoms with van der Waals surface area (Å²) in [4.78, 5) is 16.0. The van der Waals surface area contributed by atoms with Crippen LogP contribution in [0.15, 0.2) is 54.6 Å². The van der Waals surface area contributed by atoms with Gasteiger partial charge in [-0.2, -0.15) is 0 Å². The van der Waals surface area contributed by atoms with Crippen LogP contribution in [0, 0.1) is 11.8 Å². The summed E-state index contributed by atoms with van der Waals surface area (Å²) in [6, 6.07) is 18.2. The van der Waals surface area contributed by atoms with E-state index in [0.29, 0.717) is 6.61 Å². The van der Waals surface area contributed by atoms with Gasteiger partial charge in [0, 0.05) is 16.3 Å². The summed E-state index contributed by atoms with van der Waals surface area (Å²) in [5.41, 5.74) is 3.46. The quantitative estimate of drug-likeness (QED) is 0.392. The number of fused-ring (bicyclic) bond motifs is 1. The molecule has 2 aromatic carbocycles. The molecule has 0 saturated heterocycles. The normalized spacial score (nSPS) is 13.4. The lowest BCUT2D eigenvalue weighted by Crippen LogP contribution is -2.28. The Morgan fingerprint density at radius 1 is 1.15 bits per heavy atom. The smallest absolute Gasteiger partial charge is 0.304 e. The second-order valence-electron chi connectivity index (χ2n) is 8.26. The summed E-state index contributed by atoms with van der Waals surface area (Å²) in [6.07, 6.45) is 2.23. The van der Waals surface area contributed by atoms with Crippen molar-refractivity contribution in [1.29, 1.82) is 0 Å². The van der Waals surface area contributed by atoms with Gasteiger partial charge >= 0.3 is 5.97 Å². The minimum absolute atomic E-state index is 0.00756. The van der Waals surface area contributed by atoms with Crippen LogP contribution in [0.5, 0.6) is 11.5 Å². The molecule has 1 aliphatic rings. The highest BCUT2D eigenvalue weighted by Gasteiger charge is 2.21. The van der Waals surface area contributed by atoms with Crippen molar-refractivity contribution in [3.05, 3.63) is 75.5 Å². The lowest BCUT2D eigenvalue weighted by Gasteiger charge is -2.32. The number of para-hydroxylation sites is 1. The predicted molar refractivity (Wildman–Crippen MR) is 136 cm³/mol. The van der Waals surface area contributed by atoms with Gasteiger partial charge in [0.1, 0.15) is 18.1 Å². The third-order valence-electron chi connectivity index (χ3n) is 5.92. The fraction of sp³-hybridized carbons (Fsp3) is 0.321. The van der Waals surface area contributed by atoms with E-state index in [0.717, 1.165) is 47.9 Å². The summed E-state index contributed by atoms with van der Waals surface area (Å²) < 4.78 is 11.6. The fourth-order valence-corrected chi connectivity index (χ4v) is 5.30. The SMILES string of the molecule is CC#C[C@@H](CC(=O)O)c1ccc(OCc2ccc(CN3CCCc4cccc(OC)c43)s2)cc1. The van der Waals surface area contributed by atoms with Gasteiger partial charge in [0.05, 0.1) is 31.7 Å². The molecule has 1 atom stereocenters. The van der Waals surface area contributed by atoms with Crippen molar-refractivity contribution in [2.75, 3.05) is 18.6 Å². The number of benzene rings is 2. The van der Waals surface area contributed by atoms with Gasteiger partial charge in [-0.1, -0.05) is 30.2 Å². The van der Waals surface area contributed by atoms with Crippen molar-refractivity contribution in [2.45, 2.75) is 45.3 Å². The summed E-state index contributed by atoms with van der Waals surface area (Å²) in [5, 5.41) is 9.12. The molecule has 34 heavy (non-hydrogen) atoms. The van der Waals surface area contributed by atoms with E-state index in [4.69, 9.17) is 14.6 Å². The van der Waals surface area contributed by atoms with Gasteiger partial charge in [0.15, 0.2) is 0 Å². The summed E-state index contributed by atoms with van der Waals surface area (Å²) in [6.45, 7) is 4.10. The third kappa shape index (κ3) is 5.73. The van der Waals surface area contributed by atoms with E-state index in [9.17, 15) is 4.79 Å². The Kier molecular flexibility index (Phi) is 7.76. The van der Waals surface area contributed by atoms with Crippen LogP contribution in [0.3, 0.4) is 0 Å². The molecule has 6 heteroatoms. The van der Waals surface area contributed by atoms with Gasteiger partial charge in [-0.05, 0) is 61.2 Å². The number of rotatable bonds is 9. The van der Waals surface area contributed by atoms with Crippen molar-refractivity contribution in [1.82, 2.24) is 0 Å². The van der Waals surface area contributed by atoms with E-state index in [1.807, 2.05) is 30.3 Å². The molecule has 5 nitrogen and oxygen atoms in total. The molecule has 0 bridgehead atoms. The van der Waals surface area contributed by atoms with Crippen molar-refractivity contribution in [3.63, 3.8) is 0 Å². The minimum atomic E-state index is -0.854. The van der Waals surface area contributed by atoms with Crippen LogP contribution < -0.4 is 14.4 Å². The van der Waals surface area contributed by atoms with Gasteiger partial charge in [-0.25, -0.2) is 0 Å². The molecule has 4 rings (SSSR count). The van der Waals surface area contributed by atoms with Gasteiger partial charge in [0.25, 0.3) is 0 Å². The molecule has 0 fully saturated rings. The predicted octanol–water partition coefficient (Wildman–Crippen LogP) is 5.87. The number of anilines is 1. The number of hydrogen-bond acceptors (Lipinski definition) is 5. The molecule has 0 spiro atoms. The van der Waals surface area contributed by atoms with E-state index in [1.165, 1.54) is 16.1 Å². The summed E-state index contributed by atoms with van der Waals surface area (Å²) in [7, 11) is 1.74. The largest absolute Gasteiger partial charge is 0.495 e. The molecule has 2 heterocycles. The van der Waals surface area contributed by atoms with Crippen LogP contribution in [0.2, 0.25) is 0 Å².